The second kappa shape index (κ2) is 8.90. The summed E-state index contributed by atoms with van der Waals surface area (Å²) in [5, 5.41) is 17.1. The molecule has 27 heavy (non-hydrogen) atoms. The molecule has 0 atom stereocenters. The minimum Gasteiger partial charge on any atom is -0.478 e. The van der Waals surface area contributed by atoms with Gasteiger partial charge in [0.25, 0.3) is 0 Å². The molecule has 0 aliphatic carbocycles. The van der Waals surface area contributed by atoms with E-state index in [0.29, 0.717) is 26.9 Å². The van der Waals surface area contributed by atoms with Crippen molar-refractivity contribution in [1.29, 1.82) is 5.41 Å². The average molecular weight is 437 g/mol. The Morgan fingerprint density at radius 1 is 1.26 bits per heavy atom. The van der Waals surface area contributed by atoms with Crippen molar-refractivity contribution >= 4 is 38.4 Å². The molecule has 0 saturated heterocycles. The lowest BCUT2D eigenvalue weighted by atomic mass is 10.1. The number of hydrogen-bond donors (Lipinski definition) is 2. The first-order chi connectivity index (χ1) is 12.8. The van der Waals surface area contributed by atoms with Gasteiger partial charge in [-0.2, -0.15) is 0 Å². The van der Waals surface area contributed by atoms with Gasteiger partial charge in [-0.1, -0.05) is 19.1 Å². The Labute approximate surface area is 164 Å². The summed E-state index contributed by atoms with van der Waals surface area (Å²) in [4.78, 5) is 12.9. The van der Waals surface area contributed by atoms with Gasteiger partial charge in [0.1, 0.15) is 11.6 Å². The van der Waals surface area contributed by atoms with Crippen LogP contribution in [-0.2, 0) is 11.3 Å². The molecule has 2 rings (SSSR count). The Bertz CT molecular complexity index is 913. The second-order valence-electron chi connectivity index (χ2n) is 5.95. The Hall–Kier alpha value is -2.54. The highest BCUT2D eigenvalue weighted by molar-refractivity contribution is 9.15. The summed E-state index contributed by atoms with van der Waals surface area (Å²) in [5.41, 5.74) is 1.99. The smallest absolute Gasteiger partial charge is 0.332 e. The van der Waals surface area contributed by atoms with Crippen LogP contribution in [0.1, 0.15) is 30.0 Å². The van der Waals surface area contributed by atoms with Crippen molar-refractivity contribution in [2.24, 2.45) is 0 Å². The molecule has 0 amide bonds. The predicted octanol–water partition coefficient (Wildman–Crippen LogP) is 5.49. The molecule has 0 bridgehead atoms. The third kappa shape index (κ3) is 4.80. The molecular weight excluding hydrogens is 418 g/mol. The van der Waals surface area contributed by atoms with Gasteiger partial charge in [0.2, 0.25) is 0 Å². The first-order valence-electron chi connectivity index (χ1n) is 8.22. The predicted molar refractivity (Wildman–Crippen MR) is 106 cm³/mol. The van der Waals surface area contributed by atoms with Crippen molar-refractivity contribution in [2.75, 3.05) is 4.90 Å². The molecule has 0 aromatic heterocycles. The summed E-state index contributed by atoms with van der Waals surface area (Å²) in [6, 6.07) is 8.64. The van der Waals surface area contributed by atoms with E-state index in [4.69, 9.17) is 5.41 Å². The first-order valence-corrected chi connectivity index (χ1v) is 9.01. The SMILES string of the molecule is CC/C(C(=O)O)=C(/Br)c1ccc(F)cc1N(C=N)Cc1ccc(C)c(F)c1. The van der Waals surface area contributed by atoms with Crippen LogP contribution in [0.5, 0.6) is 0 Å². The number of carboxylic acids is 1. The Morgan fingerprint density at radius 3 is 2.52 bits per heavy atom. The lowest BCUT2D eigenvalue weighted by molar-refractivity contribution is -0.132. The maximum Gasteiger partial charge on any atom is 0.332 e. The lowest BCUT2D eigenvalue weighted by Gasteiger charge is -2.23. The molecule has 142 valence electrons. The minimum atomic E-state index is -1.08. The van der Waals surface area contributed by atoms with Crippen molar-refractivity contribution in [3.63, 3.8) is 0 Å². The molecule has 2 N–H and O–H groups in total. The summed E-state index contributed by atoms with van der Waals surface area (Å²) in [5.74, 6) is -1.97. The largest absolute Gasteiger partial charge is 0.478 e. The number of benzene rings is 2. The Morgan fingerprint density at radius 2 is 1.96 bits per heavy atom. The summed E-state index contributed by atoms with van der Waals surface area (Å²) in [6.07, 6.45) is 1.27. The molecule has 0 unspecified atom stereocenters. The summed E-state index contributed by atoms with van der Waals surface area (Å²) < 4.78 is 28.0. The number of aryl methyl sites for hydroxylation is 1. The normalized spacial score (nSPS) is 11.7. The van der Waals surface area contributed by atoms with Crippen LogP contribution in [0, 0.1) is 24.0 Å². The van der Waals surface area contributed by atoms with E-state index in [1.807, 2.05) is 0 Å². The van der Waals surface area contributed by atoms with Gasteiger partial charge in [0.15, 0.2) is 0 Å². The van der Waals surface area contributed by atoms with Crippen molar-refractivity contribution in [3.05, 3.63) is 70.3 Å². The van der Waals surface area contributed by atoms with Gasteiger partial charge in [0.05, 0.1) is 17.6 Å². The van der Waals surface area contributed by atoms with Crippen LogP contribution in [0.25, 0.3) is 4.48 Å². The molecule has 0 heterocycles. The molecule has 0 aliphatic heterocycles. The number of aliphatic carboxylic acids is 1. The molecule has 0 saturated carbocycles. The molecule has 2 aromatic rings. The molecule has 7 heteroatoms. The minimum absolute atomic E-state index is 0.131. The summed E-state index contributed by atoms with van der Waals surface area (Å²) >= 11 is 3.31. The fraction of sp³-hybridized carbons (Fsp3) is 0.200. The number of carbonyl (C=O) groups is 1. The number of nitrogens with zero attached hydrogens (tertiary/aromatic N) is 1. The fourth-order valence-corrected chi connectivity index (χ4v) is 3.41. The van der Waals surface area contributed by atoms with Crippen LogP contribution < -0.4 is 4.90 Å². The van der Waals surface area contributed by atoms with E-state index in [9.17, 15) is 18.7 Å². The van der Waals surface area contributed by atoms with Crippen LogP contribution in [-0.4, -0.2) is 17.4 Å². The second-order valence-corrected chi connectivity index (χ2v) is 6.75. The van der Waals surface area contributed by atoms with Gasteiger partial charge >= 0.3 is 5.97 Å². The zero-order valence-corrected chi connectivity index (χ0v) is 16.5. The fourth-order valence-electron chi connectivity index (χ4n) is 2.62. The van der Waals surface area contributed by atoms with E-state index >= 15 is 0 Å². The maximum absolute atomic E-state index is 13.9. The van der Waals surface area contributed by atoms with Crippen LogP contribution in [0.2, 0.25) is 0 Å². The Balaban J connectivity index is 2.54. The first kappa shape index (κ1) is 20.8. The van der Waals surface area contributed by atoms with Crippen LogP contribution in [0.3, 0.4) is 0 Å². The third-order valence-electron chi connectivity index (χ3n) is 4.13. The van der Waals surface area contributed by atoms with Gasteiger partial charge < -0.3 is 10.0 Å². The van der Waals surface area contributed by atoms with Crippen LogP contribution in [0.15, 0.2) is 42.0 Å². The van der Waals surface area contributed by atoms with Gasteiger partial charge in [-0.3, -0.25) is 5.41 Å². The summed E-state index contributed by atoms with van der Waals surface area (Å²) in [6.45, 7) is 3.49. The molecule has 0 fully saturated rings. The zero-order chi connectivity index (χ0) is 20.1. The quantitative estimate of drug-likeness (QED) is 0.342. The van der Waals surface area contributed by atoms with E-state index in [1.54, 1.807) is 26.0 Å². The van der Waals surface area contributed by atoms with Gasteiger partial charge in [-0.15, -0.1) is 0 Å². The average Bonchev–Trinajstić information content (AvgIpc) is 2.62. The van der Waals surface area contributed by atoms with Gasteiger partial charge in [-0.25, -0.2) is 13.6 Å². The standard InChI is InChI=1S/C20H19BrF2N2O2/c1-3-15(20(26)27)19(21)16-7-6-14(22)9-18(16)25(11-24)10-13-5-4-12(2)17(23)8-13/h4-9,11,24H,3,10H2,1-2H3,(H,26,27)/b19-15-,24-11?. The van der Waals surface area contributed by atoms with Crippen LogP contribution >= 0.6 is 15.9 Å². The maximum atomic E-state index is 13.9. The van der Waals surface area contributed by atoms with Crippen molar-refractivity contribution < 1.29 is 18.7 Å². The zero-order valence-electron chi connectivity index (χ0n) is 14.9. The highest BCUT2D eigenvalue weighted by Gasteiger charge is 2.19. The number of hydrogen-bond acceptors (Lipinski definition) is 2. The molecule has 0 radical (unpaired) electrons. The van der Waals surface area contributed by atoms with Gasteiger partial charge in [0, 0.05) is 16.6 Å². The molecular formula is C20H19BrF2N2O2. The third-order valence-corrected chi connectivity index (χ3v) is 5.03. The van der Waals surface area contributed by atoms with E-state index in [-0.39, 0.29) is 24.4 Å². The van der Waals surface area contributed by atoms with Gasteiger partial charge in [-0.05, 0) is 64.7 Å². The van der Waals surface area contributed by atoms with E-state index in [0.717, 1.165) is 6.34 Å². The molecule has 0 aliphatic rings. The number of nitrogens with one attached hydrogen (secondary N) is 1. The summed E-state index contributed by atoms with van der Waals surface area (Å²) in [7, 11) is 0. The Kier molecular flexibility index (Phi) is 6.85. The molecule has 0 spiro atoms. The lowest BCUT2D eigenvalue weighted by Crippen LogP contribution is -2.21. The highest BCUT2D eigenvalue weighted by atomic mass is 79.9. The van der Waals surface area contributed by atoms with Crippen molar-refractivity contribution in [3.8, 4) is 0 Å². The monoisotopic (exact) mass is 436 g/mol. The number of halogens is 3. The topological polar surface area (TPSA) is 64.4 Å². The van der Waals surface area contributed by atoms with Crippen molar-refractivity contribution in [2.45, 2.75) is 26.8 Å². The van der Waals surface area contributed by atoms with Crippen LogP contribution in [0.4, 0.5) is 14.5 Å². The number of carboxylic acid groups (broad SMARTS) is 1. The number of rotatable bonds is 7. The number of anilines is 1. The van der Waals surface area contributed by atoms with E-state index < -0.39 is 11.8 Å². The van der Waals surface area contributed by atoms with Crippen molar-refractivity contribution in [1.82, 2.24) is 0 Å². The molecule has 2 aromatic carbocycles. The van der Waals surface area contributed by atoms with E-state index in [1.165, 1.54) is 29.2 Å². The molecule has 4 nitrogen and oxygen atoms in total. The van der Waals surface area contributed by atoms with E-state index in [2.05, 4.69) is 15.9 Å². The highest BCUT2D eigenvalue weighted by Crippen LogP contribution is 2.35.